The van der Waals surface area contributed by atoms with Crippen LogP contribution in [0.15, 0.2) is 0 Å². The summed E-state index contributed by atoms with van der Waals surface area (Å²) in [5.41, 5.74) is 0.530. The van der Waals surface area contributed by atoms with Gasteiger partial charge in [0.25, 0.3) is 0 Å². The largest absolute Gasteiger partial charge is 0.118 e. The third-order valence-corrected chi connectivity index (χ3v) is 12.5. The molecule has 0 atom stereocenters. The molecular weight excluding hydrogens is 344 g/mol. The van der Waals surface area contributed by atoms with Crippen molar-refractivity contribution in [1.82, 2.24) is 0 Å². The molecule has 3 saturated carbocycles. The van der Waals surface area contributed by atoms with Gasteiger partial charge in [-0.2, -0.15) is 0 Å². The van der Waals surface area contributed by atoms with Crippen molar-refractivity contribution in [2.75, 3.05) is 0 Å². The first kappa shape index (κ1) is 22.0. The second kappa shape index (κ2) is 9.90. The molecule has 0 saturated heterocycles. The summed E-state index contributed by atoms with van der Waals surface area (Å²) < 4.78 is 0. The normalized spacial score (nSPS) is 39.9. The highest BCUT2D eigenvalue weighted by Crippen LogP contribution is 2.46. The second-order valence-corrected chi connectivity index (χ2v) is 14.2. The van der Waals surface area contributed by atoms with Crippen LogP contribution in [0, 0.1) is 23.2 Å². The van der Waals surface area contributed by atoms with E-state index in [9.17, 15) is 0 Å². The first-order valence-electron chi connectivity index (χ1n) is 12.6. The maximum atomic E-state index is 2.48. The van der Waals surface area contributed by atoms with Crippen molar-refractivity contribution in [3.63, 3.8) is 0 Å². The van der Waals surface area contributed by atoms with Crippen LogP contribution in [0.5, 0.6) is 0 Å². The maximum Gasteiger partial charge on any atom is 0.118 e. The SMILES string of the molecule is CCC1CCC([S+](C2CCC(CC)CC2)C2CCC(C(C)(C)C)CC2)CC1. The molecule has 0 aromatic heterocycles. The molecule has 158 valence electrons. The Balaban J connectivity index is 1.65. The molecule has 0 unspecified atom stereocenters. The van der Waals surface area contributed by atoms with Gasteiger partial charge in [0.05, 0.1) is 0 Å². The molecule has 0 aromatic carbocycles. The van der Waals surface area contributed by atoms with Crippen LogP contribution in [0.1, 0.15) is 125 Å². The number of hydrogen-bond donors (Lipinski definition) is 0. The highest BCUT2D eigenvalue weighted by molar-refractivity contribution is 7.98. The Labute approximate surface area is 174 Å². The Morgan fingerprint density at radius 1 is 0.556 bits per heavy atom. The summed E-state index contributed by atoms with van der Waals surface area (Å²) in [6.45, 7) is 12.3. The van der Waals surface area contributed by atoms with E-state index in [0.29, 0.717) is 5.41 Å². The summed E-state index contributed by atoms with van der Waals surface area (Å²) in [6, 6.07) is 0. The standard InChI is InChI=1S/C26H49S/c1-6-20-8-14-23(15-9-20)27(24-16-10-21(7-2)11-17-24)25-18-12-22(13-19-25)26(3,4)5/h20-25H,6-19H2,1-5H3/q+1. The van der Waals surface area contributed by atoms with Gasteiger partial charge in [0, 0.05) is 0 Å². The average molecular weight is 394 g/mol. The lowest BCUT2D eigenvalue weighted by Gasteiger charge is -2.41. The third-order valence-electron chi connectivity index (χ3n) is 8.80. The number of rotatable bonds is 5. The van der Waals surface area contributed by atoms with Gasteiger partial charge in [-0.3, -0.25) is 0 Å². The number of hydrogen-bond acceptors (Lipinski definition) is 0. The fraction of sp³-hybridized carbons (Fsp3) is 1.00. The van der Waals surface area contributed by atoms with Crippen molar-refractivity contribution < 1.29 is 0 Å². The molecule has 0 N–H and O–H groups in total. The van der Waals surface area contributed by atoms with Gasteiger partial charge in [-0.25, -0.2) is 0 Å². The minimum Gasteiger partial charge on any atom is -0.0651 e. The van der Waals surface area contributed by atoms with Gasteiger partial charge in [0.15, 0.2) is 0 Å². The Hall–Kier alpha value is 0.350. The van der Waals surface area contributed by atoms with E-state index in [-0.39, 0.29) is 0 Å². The quantitative estimate of drug-likeness (QED) is 0.413. The lowest BCUT2D eigenvalue weighted by Crippen LogP contribution is -2.45. The zero-order valence-electron chi connectivity index (χ0n) is 19.3. The van der Waals surface area contributed by atoms with E-state index in [1.807, 2.05) is 0 Å². The summed E-state index contributed by atoms with van der Waals surface area (Å²) >= 11 is 0. The van der Waals surface area contributed by atoms with Crippen LogP contribution in [0.4, 0.5) is 0 Å². The molecule has 0 bridgehead atoms. The van der Waals surface area contributed by atoms with Gasteiger partial charge < -0.3 is 0 Å². The van der Waals surface area contributed by atoms with Crippen molar-refractivity contribution in [1.29, 1.82) is 0 Å². The van der Waals surface area contributed by atoms with Crippen molar-refractivity contribution >= 4 is 10.9 Å². The molecule has 3 aliphatic rings. The topological polar surface area (TPSA) is 0 Å². The minimum absolute atomic E-state index is 0.530. The van der Waals surface area contributed by atoms with Crippen LogP contribution in [-0.2, 0) is 10.9 Å². The van der Waals surface area contributed by atoms with Gasteiger partial charge in [-0.15, -0.1) is 0 Å². The molecule has 3 rings (SSSR count). The van der Waals surface area contributed by atoms with Crippen molar-refractivity contribution in [2.45, 2.75) is 140 Å². The molecule has 0 amide bonds. The zero-order chi connectivity index (χ0) is 19.4. The predicted octanol–water partition coefficient (Wildman–Crippen LogP) is 8.15. The van der Waals surface area contributed by atoms with Crippen LogP contribution in [0.25, 0.3) is 0 Å². The maximum absolute atomic E-state index is 2.48. The van der Waals surface area contributed by atoms with E-state index in [1.165, 1.54) is 25.7 Å². The molecule has 27 heavy (non-hydrogen) atoms. The predicted molar refractivity (Wildman–Crippen MR) is 125 cm³/mol. The highest BCUT2D eigenvalue weighted by Gasteiger charge is 2.48. The summed E-state index contributed by atoms with van der Waals surface area (Å²) in [5, 5.41) is 3.30. The Morgan fingerprint density at radius 3 is 1.19 bits per heavy atom. The van der Waals surface area contributed by atoms with E-state index >= 15 is 0 Å². The first-order valence-corrected chi connectivity index (χ1v) is 14.0. The zero-order valence-corrected chi connectivity index (χ0v) is 20.1. The molecule has 1 heteroatoms. The smallest absolute Gasteiger partial charge is 0.0651 e. The van der Waals surface area contributed by atoms with E-state index in [4.69, 9.17) is 0 Å². The van der Waals surface area contributed by atoms with Crippen LogP contribution >= 0.6 is 0 Å². The summed E-state index contributed by atoms with van der Waals surface area (Å²) in [4.78, 5) is 0. The first-order chi connectivity index (χ1) is 12.9. The van der Waals surface area contributed by atoms with E-state index in [0.717, 1.165) is 44.4 Å². The Kier molecular flexibility index (Phi) is 8.09. The van der Waals surface area contributed by atoms with Gasteiger partial charge in [0.2, 0.25) is 0 Å². The van der Waals surface area contributed by atoms with Crippen LogP contribution in [-0.4, -0.2) is 15.7 Å². The molecule has 0 nitrogen and oxygen atoms in total. The molecule has 0 spiro atoms. The Morgan fingerprint density at radius 2 is 0.889 bits per heavy atom. The molecule has 0 radical (unpaired) electrons. The average Bonchev–Trinajstić information content (AvgIpc) is 2.69. The minimum atomic E-state index is 0.530. The van der Waals surface area contributed by atoms with E-state index in [2.05, 4.69) is 34.6 Å². The molecule has 0 aromatic rings. The molecule has 0 heterocycles. The fourth-order valence-electron chi connectivity index (χ4n) is 6.64. The summed E-state index contributed by atoms with van der Waals surface area (Å²) in [7, 11) is 0.741. The van der Waals surface area contributed by atoms with Crippen LogP contribution in [0.2, 0.25) is 0 Å². The lowest BCUT2D eigenvalue weighted by atomic mass is 9.72. The molecule has 3 fully saturated rings. The van der Waals surface area contributed by atoms with Crippen LogP contribution in [0.3, 0.4) is 0 Å². The van der Waals surface area contributed by atoms with Gasteiger partial charge in [-0.1, -0.05) is 47.5 Å². The fourth-order valence-corrected chi connectivity index (χ4v) is 10.7. The van der Waals surface area contributed by atoms with E-state index in [1.54, 1.807) is 64.2 Å². The molecule has 3 aliphatic carbocycles. The molecular formula is C26H49S+. The van der Waals surface area contributed by atoms with Crippen molar-refractivity contribution in [3.05, 3.63) is 0 Å². The third kappa shape index (κ3) is 5.70. The highest BCUT2D eigenvalue weighted by atomic mass is 32.2. The van der Waals surface area contributed by atoms with E-state index < -0.39 is 0 Å². The summed E-state index contributed by atoms with van der Waals surface area (Å²) in [5.74, 6) is 3.09. The van der Waals surface area contributed by atoms with Gasteiger partial charge >= 0.3 is 0 Å². The molecule has 0 aliphatic heterocycles. The summed E-state index contributed by atoms with van der Waals surface area (Å²) in [6.07, 6.45) is 21.5. The lowest BCUT2D eigenvalue weighted by molar-refractivity contribution is 0.181. The van der Waals surface area contributed by atoms with Crippen molar-refractivity contribution in [2.24, 2.45) is 23.2 Å². The van der Waals surface area contributed by atoms with Gasteiger partial charge in [0.1, 0.15) is 15.7 Å². The van der Waals surface area contributed by atoms with Gasteiger partial charge in [-0.05, 0) is 111 Å². The van der Waals surface area contributed by atoms with Crippen molar-refractivity contribution in [3.8, 4) is 0 Å². The second-order valence-electron chi connectivity index (χ2n) is 11.3. The van der Waals surface area contributed by atoms with Crippen LogP contribution < -0.4 is 0 Å². The Bertz CT molecular complexity index is 388. The monoisotopic (exact) mass is 393 g/mol.